The Labute approximate surface area is 160 Å². The average Bonchev–Trinajstić information content (AvgIpc) is 2.74. The summed E-state index contributed by atoms with van der Waals surface area (Å²) in [5.74, 6) is -0.520. The van der Waals surface area contributed by atoms with Gasteiger partial charge >= 0.3 is 5.97 Å². The van der Waals surface area contributed by atoms with Crippen molar-refractivity contribution in [3.63, 3.8) is 0 Å². The number of hydrazone groups is 1. The van der Waals surface area contributed by atoms with Crippen LogP contribution in [0.5, 0.6) is 0 Å². The lowest BCUT2D eigenvalue weighted by Crippen LogP contribution is -2.45. The van der Waals surface area contributed by atoms with Gasteiger partial charge in [-0.1, -0.05) is 48.5 Å². The van der Waals surface area contributed by atoms with E-state index in [4.69, 9.17) is 4.74 Å². The predicted octanol–water partition coefficient (Wildman–Crippen LogP) is 2.48. The molecular formula is C20H17N5O3. The van der Waals surface area contributed by atoms with Gasteiger partial charge in [-0.15, -0.1) is 5.10 Å². The Morgan fingerprint density at radius 1 is 1.07 bits per heavy atom. The standard InChI is InChI=1S/C20H17N5O3/c1-2-28-19(27)18-22-24(15-11-7-4-8-12-15)20-21-16(13-17(26)25(20)23-18)14-9-5-3-6-10-14/h3-13H,2H2,1H3,(H,22,23). The molecule has 1 aromatic heterocycles. The van der Waals surface area contributed by atoms with Crippen LogP contribution in [0.15, 0.2) is 76.6 Å². The van der Waals surface area contributed by atoms with E-state index in [1.54, 1.807) is 6.92 Å². The molecule has 0 spiro atoms. The molecule has 1 aliphatic rings. The van der Waals surface area contributed by atoms with Crippen LogP contribution in [-0.4, -0.2) is 28.1 Å². The second-order valence-corrected chi connectivity index (χ2v) is 5.91. The first-order chi connectivity index (χ1) is 13.7. The molecule has 0 saturated carbocycles. The van der Waals surface area contributed by atoms with Gasteiger partial charge in [-0.3, -0.25) is 10.2 Å². The molecule has 0 atom stereocenters. The quantitative estimate of drug-likeness (QED) is 0.705. The predicted molar refractivity (Wildman–Crippen MR) is 106 cm³/mol. The first-order valence-electron chi connectivity index (χ1n) is 8.75. The molecule has 8 heteroatoms. The lowest BCUT2D eigenvalue weighted by atomic mass is 10.1. The summed E-state index contributed by atoms with van der Waals surface area (Å²) >= 11 is 0. The Morgan fingerprint density at radius 3 is 2.43 bits per heavy atom. The van der Waals surface area contributed by atoms with E-state index in [2.05, 4.69) is 15.5 Å². The van der Waals surface area contributed by atoms with Crippen LogP contribution in [0.2, 0.25) is 0 Å². The van der Waals surface area contributed by atoms with Crippen molar-refractivity contribution in [1.29, 1.82) is 0 Å². The number of anilines is 2. The van der Waals surface area contributed by atoms with Crippen LogP contribution in [0.1, 0.15) is 6.92 Å². The molecule has 0 unspecified atom stereocenters. The molecule has 8 nitrogen and oxygen atoms in total. The van der Waals surface area contributed by atoms with Crippen LogP contribution in [0, 0.1) is 0 Å². The summed E-state index contributed by atoms with van der Waals surface area (Å²) in [7, 11) is 0. The van der Waals surface area contributed by atoms with Gasteiger partial charge in [-0.05, 0) is 19.1 Å². The molecule has 0 amide bonds. The van der Waals surface area contributed by atoms with E-state index >= 15 is 0 Å². The zero-order chi connectivity index (χ0) is 19.5. The van der Waals surface area contributed by atoms with Crippen molar-refractivity contribution in [1.82, 2.24) is 9.66 Å². The van der Waals surface area contributed by atoms with Crippen LogP contribution in [0.3, 0.4) is 0 Å². The molecule has 4 rings (SSSR count). The highest BCUT2D eigenvalue weighted by Crippen LogP contribution is 2.27. The number of aromatic nitrogens is 2. The lowest BCUT2D eigenvalue weighted by molar-refractivity contribution is -0.135. The zero-order valence-electron chi connectivity index (χ0n) is 15.1. The number of esters is 1. The van der Waals surface area contributed by atoms with E-state index < -0.39 is 5.97 Å². The number of carbonyl (C=O) groups is 1. The highest BCUT2D eigenvalue weighted by Gasteiger charge is 2.27. The average molecular weight is 375 g/mol. The van der Waals surface area contributed by atoms with E-state index in [9.17, 15) is 9.59 Å². The Kier molecular flexibility index (Phi) is 4.59. The third-order valence-electron chi connectivity index (χ3n) is 4.05. The smallest absolute Gasteiger partial charge is 0.377 e. The van der Waals surface area contributed by atoms with Crippen molar-refractivity contribution in [3.8, 4) is 11.3 Å². The summed E-state index contributed by atoms with van der Waals surface area (Å²) in [6.07, 6.45) is 0. The summed E-state index contributed by atoms with van der Waals surface area (Å²) in [6.45, 7) is 1.89. The van der Waals surface area contributed by atoms with Crippen molar-refractivity contribution in [2.75, 3.05) is 17.0 Å². The van der Waals surface area contributed by atoms with Crippen molar-refractivity contribution in [2.24, 2.45) is 5.10 Å². The van der Waals surface area contributed by atoms with Crippen LogP contribution < -0.4 is 16.0 Å². The van der Waals surface area contributed by atoms with E-state index in [1.165, 1.54) is 15.8 Å². The molecule has 0 bridgehead atoms. The monoisotopic (exact) mass is 375 g/mol. The van der Waals surface area contributed by atoms with Gasteiger partial charge in [-0.2, -0.15) is 9.69 Å². The van der Waals surface area contributed by atoms with Gasteiger partial charge in [0.15, 0.2) is 0 Å². The summed E-state index contributed by atoms with van der Waals surface area (Å²) in [6, 6.07) is 19.9. The highest BCUT2D eigenvalue weighted by molar-refractivity contribution is 6.39. The maximum absolute atomic E-state index is 12.8. The Hall–Kier alpha value is -3.94. The topological polar surface area (TPSA) is 88.8 Å². The van der Waals surface area contributed by atoms with E-state index in [-0.39, 0.29) is 24.0 Å². The number of rotatable bonds is 4. The molecule has 1 N–H and O–H groups in total. The molecule has 1 aliphatic heterocycles. The molecule has 140 valence electrons. The minimum atomic E-state index is -0.659. The Morgan fingerprint density at radius 2 is 1.75 bits per heavy atom. The van der Waals surface area contributed by atoms with Gasteiger partial charge in [-0.25, -0.2) is 9.78 Å². The van der Waals surface area contributed by atoms with Crippen molar-refractivity contribution >= 4 is 23.4 Å². The van der Waals surface area contributed by atoms with Crippen molar-refractivity contribution < 1.29 is 9.53 Å². The van der Waals surface area contributed by atoms with Crippen LogP contribution >= 0.6 is 0 Å². The molecule has 3 aromatic rings. The number of hydrogen-bond acceptors (Lipinski definition) is 7. The van der Waals surface area contributed by atoms with Gasteiger partial charge in [0.05, 0.1) is 18.0 Å². The molecule has 2 heterocycles. The molecule has 0 fully saturated rings. The van der Waals surface area contributed by atoms with Gasteiger partial charge in [0.2, 0.25) is 0 Å². The number of hydrogen-bond donors (Lipinski definition) is 1. The molecule has 0 radical (unpaired) electrons. The fourth-order valence-corrected chi connectivity index (χ4v) is 2.78. The summed E-state index contributed by atoms with van der Waals surface area (Å²) in [5, 5.41) is 5.77. The van der Waals surface area contributed by atoms with Crippen molar-refractivity contribution in [2.45, 2.75) is 6.92 Å². The lowest BCUT2D eigenvalue weighted by Gasteiger charge is -2.27. The summed E-state index contributed by atoms with van der Waals surface area (Å²) in [4.78, 5) is 29.6. The fraction of sp³-hybridized carbons (Fsp3) is 0.100. The van der Waals surface area contributed by atoms with Gasteiger partial charge in [0, 0.05) is 11.6 Å². The number of ether oxygens (including phenoxy) is 1. The zero-order valence-corrected chi connectivity index (χ0v) is 15.1. The number of para-hydroxylation sites is 1. The number of benzene rings is 2. The van der Waals surface area contributed by atoms with E-state index in [1.807, 2.05) is 60.7 Å². The molecule has 0 aliphatic carbocycles. The molecule has 28 heavy (non-hydrogen) atoms. The number of nitrogens with zero attached hydrogens (tertiary/aromatic N) is 4. The third-order valence-corrected chi connectivity index (χ3v) is 4.05. The fourth-order valence-electron chi connectivity index (χ4n) is 2.78. The number of nitrogens with one attached hydrogen (secondary N) is 1. The van der Waals surface area contributed by atoms with Gasteiger partial charge in [0.1, 0.15) is 0 Å². The third kappa shape index (κ3) is 3.23. The number of amidine groups is 1. The SMILES string of the molecule is CCOC(=O)C1=NN(c2ccccc2)c2nc(-c3ccccc3)cc(=O)n2N1. The normalized spacial score (nSPS) is 12.6. The second-order valence-electron chi connectivity index (χ2n) is 5.91. The highest BCUT2D eigenvalue weighted by atomic mass is 16.5. The van der Waals surface area contributed by atoms with Gasteiger partial charge < -0.3 is 4.74 Å². The largest absolute Gasteiger partial charge is 0.460 e. The first-order valence-corrected chi connectivity index (χ1v) is 8.75. The number of carbonyl (C=O) groups excluding carboxylic acids is 1. The van der Waals surface area contributed by atoms with E-state index in [0.717, 1.165) is 5.56 Å². The molecular weight excluding hydrogens is 358 g/mol. The van der Waals surface area contributed by atoms with Crippen LogP contribution in [0.4, 0.5) is 11.6 Å². The molecule has 0 saturated heterocycles. The van der Waals surface area contributed by atoms with Crippen LogP contribution in [0.25, 0.3) is 11.3 Å². The van der Waals surface area contributed by atoms with Crippen LogP contribution in [-0.2, 0) is 9.53 Å². The van der Waals surface area contributed by atoms with Crippen molar-refractivity contribution in [3.05, 3.63) is 77.1 Å². The van der Waals surface area contributed by atoms with Gasteiger partial charge in [0.25, 0.3) is 17.3 Å². The second kappa shape index (κ2) is 7.36. The van der Waals surface area contributed by atoms with E-state index in [0.29, 0.717) is 11.4 Å². The Bertz CT molecular complexity index is 1090. The summed E-state index contributed by atoms with van der Waals surface area (Å²) in [5.41, 5.74) is 4.29. The Balaban J connectivity index is 1.88. The first kappa shape index (κ1) is 17.5. The maximum atomic E-state index is 12.8. The molecule has 2 aromatic carbocycles. The maximum Gasteiger partial charge on any atom is 0.377 e. The minimum absolute atomic E-state index is 0.102. The number of fused-ring (bicyclic) bond motifs is 1. The minimum Gasteiger partial charge on any atom is -0.460 e. The summed E-state index contributed by atoms with van der Waals surface area (Å²) < 4.78 is 6.20.